The highest BCUT2D eigenvalue weighted by molar-refractivity contribution is 4.86. The molecule has 1 aliphatic heterocycles. The van der Waals surface area contributed by atoms with E-state index in [1.54, 1.807) is 0 Å². The van der Waals surface area contributed by atoms with Crippen LogP contribution in [-0.2, 0) is 0 Å². The molecule has 2 aliphatic rings. The van der Waals surface area contributed by atoms with Gasteiger partial charge in [-0.2, -0.15) is 0 Å². The maximum absolute atomic E-state index is 6.23. The van der Waals surface area contributed by atoms with Crippen LogP contribution in [0.1, 0.15) is 32.1 Å². The van der Waals surface area contributed by atoms with Crippen molar-refractivity contribution in [2.45, 2.75) is 44.2 Å². The molecule has 94 valence electrons. The lowest BCUT2D eigenvalue weighted by Gasteiger charge is -2.37. The maximum atomic E-state index is 6.23. The van der Waals surface area contributed by atoms with Crippen LogP contribution in [0.25, 0.3) is 0 Å². The van der Waals surface area contributed by atoms with Crippen molar-refractivity contribution in [3.8, 4) is 0 Å². The molecular formula is C13H27N3. The third-order valence-electron chi connectivity index (χ3n) is 4.38. The highest BCUT2D eigenvalue weighted by Crippen LogP contribution is 2.23. The van der Waals surface area contributed by atoms with E-state index in [1.165, 1.54) is 51.7 Å². The van der Waals surface area contributed by atoms with Crippen molar-refractivity contribution in [2.75, 3.05) is 33.7 Å². The van der Waals surface area contributed by atoms with Gasteiger partial charge in [-0.3, -0.25) is 0 Å². The summed E-state index contributed by atoms with van der Waals surface area (Å²) < 4.78 is 0. The summed E-state index contributed by atoms with van der Waals surface area (Å²) in [6.45, 7) is 3.78. The average Bonchev–Trinajstić information content (AvgIpc) is 2.64. The van der Waals surface area contributed by atoms with Crippen LogP contribution in [0.2, 0.25) is 0 Å². The van der Waals surface area contributed by atoms with E-state index in [0.717, 1.165) is 5.92 Å². The van der Waals surface area contributed by atoms with Gasteiger partial charge in [0.1, 0.15) is 0 Å². The Balaban J connectivity index is 1.80. The summed E-state index contributed by atoms with van der Waals surface area (Å²) in [5, 5.41) is 0. The Morgan fingerprint density at radius 2 is 2.00 bits per heavy atom. The van der Waals surface area contributed by atoms with Crippen LogP contribution < -0.4 is 5.73 Å². The normalized spacial score (nSPS) is 37.1. The second kappa shape index (κ2) is 5.48. The number of likely N-dealkylation sites (N-methyl/N-ethyl adjacent to an activating group) is 1. The van der Waals surface area contributed by atoms with Gasteiger partial charge in [-0.15, -0.1) is 0 Å². The monoisotopic (exact) mass is 225 g/mol. The molecule has 3 heteroatoms. The van der Waals surface area contributed by atoms with Gasteiger partial charge in [-0.05, 0) is 45.8 Å². The van der Waals surface area contributed by atoms with Crippen molar-refractivity contribution < 1.29 is 0 Å². The first-order valence-electron chi connectivity index (χ1n) is 6.81. The minimum atomic E-state index is 0.415. The van der Waals surface area contributed by atoms with Crippen LogP contribution in [0.3, 0.4) is 0 Å². The molecule has 0 bridgehead atoms. The average molecular weight is 225 g/mol. The fourth-order valence-electron chi connectivity index (χ4n) is 3.41. The van der Waals surface area contributed by atoms with E-state index >= 15 is 0 Å². The van der Waals surface area contributed by atoms with E-state index in [0.29, 0.717) is 12.1 Å². The SMILES string of the molecule is CN1CCC(CN(C)C2CCCCC2N)C1. The van der Waals surface area contributed by atoms with Crippen LogP contribution >= 0.6 is 0 Å². The molecule has 0 spiro atoms. The molecule has 3 atom stereocenters. The summed E-state index contributed by atoms with van der Waals surface area (Å²) in [6.07, 6.45) is 6.59. The van der Waals surface area contributed by atoms with Gasteiger partial charge in [-0.1, -0.05) is 12.8 Å². The summed E-state index contributed by atoms with van der Waals surface area (Å²) >= 11 is 0. The van der Waals surface area contributed by atoms with E-state index in [2.05, 4.69) is 23.9 Å². The molecule has 0 aromatic heterocycles. The molecule has 1 saturated heterocycles. The molecule has 1 aliphatic carbocycles. The van der Waals surface area contributed by atoms with Crippen molar-refractivity contribution in [1.29, 1.82) is 0 Å². The van der Waals surface area contributed by atoms with Gasteiger partial charge in [-0.25, -0.2) is 0 Å². The first-order valence-corrected chi connectivity index (χ1v) is 6.81. The minimum Gasteiger partial charge on any atom is -0.326 e. The van der Waals surface area contributed by atoms with E-state index in [1.807, 2.05) is 0 Å². The first-order chi connectivity index (χ1) is 7.66. The van der Waals surface area contributed by atoms with Crippen molar-refractivity contribution in [2.24, 2.45) is 11.7 Å². The maximum Gasteiger partial charge on any atom is 0.0244 e. The zero-order valence-electron chi connectivity index (χ0n) is 10.9. The van der Waals surface area contributed by atoms with Gasteiger partial charge in [0.25, 0.3) is 0 Å². The summed E-state index contributed by atoms with van der Waals surface area (Å²) in [4.78, 5) is 4.98. The second-order valence-electron chi connectivity index (χ2n) is 5.87. The highest BCUT2D eigenvalue weighted by atomic mass is 15.2. The lowest BCUT2D eigenvalue weighted by atomic mass is 9.89. The second-order valence-corrected chi connectivity index (χ2v) is 5.87. The van der Waals surface area contributed by atoms with Crippen molar-refractivity contribution in [3.05, 3.63) is 0 Å². The summed E-state index contributed by atoms with van der Waals surface area (Å²) in [6, 6.07) is 1.05. The molecule has 2 N–H and O–H groups in total. The number of nitrogens with two attached hydrogens (primary N) is 1. The number of nitrogens with zero attached hydrogens (tertiary/aromatic N) is 2. The molecule has 3 nitrogen and oxygen atoms in total. The van der Waals surface area contributed by atoms with Crippen molar-refractivity contribution in [3.63, 3.8) is 0 Å². The molecule has 16 heavy (non-hydrogen) atoms. The predicted molar refractivity (Wildman–Crippen MR) is 68.5 cm³/mol. The Labute approximate surface area is 100.0 Å². The van der Waals surface area contributed by atoms with E-state index < -0.39 is 0 Å². The van der Waals surface area contributed by atoms with Crippen molar-refractivity contribution in [1.82, 2.24) is 9.80 Å². The number of hydrogen-bond donors (Lipinski definition) is 1. The Kier molecular flexibility index (Phi) is 4.22. The largest absolute Gasteiger partial charge is 0.326 e. The van der Waals surface area contributed by atoms with Gasteiger partial charge >= 0.3 is 0 Å². The Morgan fingerprint density at radius 3 is 2.62 bits per heavy atom. The Morgan fingerprint density at radius 1 is 1.25 bits per heavy atom. The molecule has 3 unspecified atom stereocenters. The van der Waals surface area contributed by atoms with Gasteiger partial charge in [0, 0.05) is 25.2 Å². The van der Waals surface area contributed by atoms with E-state index in [9.17, 15) is 0 Å². The van der Waals surface area contributed by atoms with Crippen LogP contribution in [-0.4, -0.2) is 55.6 Å². The number of rotatable bonds is 3. The Bertz CT molecular complexity index is 219. The van der Waals surface area contributed by atoms with Gasteiger partial charge < -0.3 is 15.5 Å². The van der Waals surface area contributed by atoms with Crippen LogP contribution in [0.15, 0.2) is 0 Å². The zero-order chi connectivity index (χ0) is 11.5. The summed E-state index contributed by atoms with van der Waals surface area (Å²) in [7, 11) is 4.50. The third-order valence-corrected chi connectivity index (χ3v) is 4.38. The zero-order valence-corrected chi connectivity index (χ0v) is 10.9. The van der Waals surface area contributed by atoms with Gasteiger partial charge in [0.05, 0.1) is 0 Å². The molecule has 0 aromatic carbocycles. The Hall–Kier alpha value is -0.120. The third kappa shape index (κ3) is 2.96. The molecule has 1 saturated carbocycles. The molecule has 2 fully saturated rings. The minimum absolute atomic E-state index is 0.415. The summed E-state index contributed by atoms with van der Waals surface area (Å²) in [5.74, 6) is 0.865. The van der Waals surface area contributed by atoms with Crippen molar-refractivity contribution >= 4 is 0 Å². The first kappa shape index (κ1) is 12.3. The molecule has 0 radical (unpaired) electrons. The standard InChI is InChI=1S/C13H27N3/c1-15-8-7-11(9-15)10-16(2)13-6-4-3-5-12(13)14/h11-13H,3-10,14H2,1-2H3. The van der Waals surface area contributed by atoms with Crippen LogP contribution in [0.4, 0.5) is 0 Å². The van der Waals surface area contributed by atoms with Crippen LogP contribution in [0.5, 0.6) is 0 Å². The molecule has 1 heterocycles. The predicted octanol–water partition coefficient (Wildman–Crippen LogP) is 1.14. The summed E-state index contributed by atoms with van der Waals surface area (Å²) in [5.41, 5.74) is 6.23. The lowest BCUT2D eigenvalue weighted by Crippen LogP contribution is -2.49. The van der Waals surface area contributed by atoms with Gasteiger partial charge in [0.2, 0.25) is 0 Å². The van der Waals surface area contributed by atoms with E-state index in [4.69, 9.17) is 5.73 Å². The fourth-order valence-corrected chi connectivity index (χ4v) is 3.41. The van der Waals surface area contributed by atoms with Gasteiger partial charge in [0.15, 0.2) is 0 Å². The topological polar surface area (TPSA) is 32.5 Å². The van der Waals surface area contributed by atoms with E-state index in [-0.39, 0.29) is 0 Å². The fraction of sp³-hybridized carbons (Fsp3) is 1.00. The molecule has 0 aromatic rings. The quantitative estimate of drug-likeness (QED) is 0.782. The lowest BCUT2D eigenvalue weighted by molar-refractivity contribution is 0.148. The molecule has 0 amide bonds. The highest BCUT2D eigenvalue weighted by Gasteiger charge is 2.28. The smallest absolute Gasteiger partial charge is 0.0244 e. The molecular weight excluding hydrogens is 198 g/mol. The number of hydrogen-bond acceptors (Lipinski definition) is 3. The van der Waals surface area contributed by atoms with Crippen LogP contribution in [0, 0.1) is 5.92 Å². The molecule has 2 rings (SSSR count). The number of likely N-dealkylation sites (tertiary alicyclic amines) is 1.